The monoisotopic (exact) mass is 297 g/mol. The first kappa shape index (κ1) is 13.0. The maximum absolute atomic E-state index is 5.93. The second-order valence-electron chi connectivity index (χ2n) is 4.95. The topological polar surface area (TPSA) is 42.2 Å². The van der Waals surface area contributed by atoms with Crippen molar-refractivity contribution in [1.29, 1.82) is 0 Å². The maximum atomic E-state index is 5.93. The molecule has 0 aromatic carbocycles. The molecule has 2 N–H and O–H groups in total. The molecule has 1 aliphatic rings. The summed E-state index contributed by atoms with van der Waals surface area (Å²) in [6.45, 7) is 0.924. The Morgan fingerprint density at radius 1 is 1.35 bits per heavy atom. The van der Waals surface area contributed by atoms with E-state index in [2.05, 4.69) is 38.9 Å². The van der Waals surface area contributed by atoms with Crippen LogP contribution in [-0.4, -0.2) is 29.0 Å². The Labute approximate surface area is 112 Å². The van der Waals surface area contributed by atoms with Crippen molar-refractivity contribution in [2.24, 2.45) is 5.73 Å². The normalized spacial score (nSPS) is 25.2. The second-order valence-corrected chi connectivity index (χ2v) is 5.87. The van der Waals surface area contributed by atoms with Gasteiger partial charge in [0.1, 0.15) is 0 Å². The van der Waals surface area contributed by atoms with Gasteiger partial charge in [0.05, 0.1) is 5.69 Å². The molecule has 0 bridgehead atoms. The van der Waals surface area contributed by atoms with E-state index in [-0.39, 0.29) is 0 Å². The Bertz CT molecular complexity index is 344. The van der Waals surface area contributed by atoms with Gasteiger partial charge in [0, 0.05) is 29.3 Å². The standard InChI is InChI=1S/C13H20BrN3/c1-17(13-6-3-11(15)4-7-13)9-12-5-2-10(14)8-16-12/h2,5,8,11,13H,3-4,6-7,9,15H2,1H3. The highest BCUT2D eigenvalue weighted by Crippen LogP contribution is 2.22. The molecule has 1 aliphatic carbocycles. The van der Waals surface area contributed by atoms with Crippen LogP contribution in [0, 0.1) is 0 Å². The van der Waals surface area contributed by atoms with Crippen LogP contribution in [0.5, 0.6) is 0 Å². The van der Waals surface area contributed by atoms with Gasteiger partial charge in [0.2, 0.25) is 0 Å². The first-order valence-electron chi connectivity index (χ1n) is 6.21. The summed E-state index contributed by atoms with van der Waals surface area (Å²) in [5.41, 5.74) is 7.06. The number of rotatable bonds is 3. The van der Waals surface area contributed by atoms with Crippen molar-refractivity contribution in [1.82, 2.24) is 9.88 Å². The zero-order chi connectivity index (χ0) is 12.3. The van der Waals surface area contributed by atoms with E-state index < -0.39 is 0 Å². The quantitative estimate of drug-likeness (QED) is 0.932. The van der Waals surface area contributed by atoms with E-state index in [1.165, 1.54) is 12.8 Å². The number of halogens is 1. The van der Waals surface area contributed by atoms with E-state index >= 15 is 0 Å². The van der Waals surface area contributed by atoms with Crippen molar-refractivity contribution in [3.8, 4) is 0 Å². The van der Waals surface area contributed by atoms with Crippen molar-refractivity contribution in [3.63, 3.8) is 0 Å². The summed E-state index contributed by atoms with van der Waals surface area (Å²) in [5.74, 6) is 0. The predicted octanol–water partition coefficient (Wildman–Crippen LogP) is 2.55. The van der Waals surface area contributed by atoms with Crippen molar-refractivity contribution in [3.05, 3.63) is 28.5 Å². The van der Waals surface area contributed by atoms with E-state index in [0.29, 0.717) is 12.1 Å². The Balaban J connectivity index is 1.88. The fraction of sp³-hybridized carbons (Fsp3) is 0.615. The predicted molar refractivity (Wildman–Crippen MR) is 73.6 cm³/mol. The van der Waals surface area contributed by atoms with E-state index in [1.54, 1.807) is 0 Å². The summed E-state index contributed by atoms with van der Waals surface area (Å²) in [4.78, 5) is 6.82. The number of hydrogen-bond donors (Lipinski definition) is 1. The first-order valence-corrected chi connectivity index (χ1v) is 7.00. The minimum Gasteiger partial charge on any atom is -0.328 e. The minimum atomic E-state index is 0.422. The van der Waals surface area contributed by atoms with Crippen LogP contribution in [0.4, 0.5) is 0 Å². The van der Waals surface area contributed by atoms with Crippen molar-refractivity contribution in [2.75, 3.05) is 7.05 Å². The maximum Gasteiger partial charge on any atom is 0.0544 e. The van der Waals surface area contributed by atoms with E-state index in [0.717, 1.165) is 29.6 Å². The summed E-state index contributed by atoms with van der Waals surface area (Å²) in [7, 11) is 2.19. The SMILES string of the molecule is CN(Cc1ccc(Br)cn1)C1CCC(N)CC1. The van der Waals surface area contributed by atoms with Gasteiger partial charge in [-0.25, -0.2) is 0 Å². The molecule has 1 fully saturated rings. The van der Waals surface area contributed by atoms with Crippen molar-refractivity contribution >= 4 is 15.9 Å². The van der Waals surface area contributed by atoms with Gasteiger partial charge in [-0.05, 0) is 60.8 Å². The molecule has 0 amide bonds. The highest BCUT2D eigenvalue weighted by molar-refractivity contribution is 9.10. The Morgan fingerprint density at radius 3 is 2.65 bits per heavy atom. The Kier molecular flexibility index (Phi) is 4.54. The molecule has 2 rings (SSSR count). The smallest absolute Gasteiger partial charge is 0.0544 e. The van der Waals surface area contributed by atoms with Crippen LogP contribution in [0.2, 0.25) is 0 Å². The third-order valence-electron chi connectivity index (χ3n) is 3.56. The van der Waals surface area contributed by atoms with E-state index in [4.69, 9.17) is 5.73 Å². The Morgan fingerprint density at radius 2 is 2.06 bits per heavy atom. The molecule has 0 atom stereocenters. The fourth-order valence-corrected chi connectivity index (χ4v) is 2.66. The molecule has 0 saturated heterocycles. The molecule has 1 saturated carbocycles. The second kappa shape index (κ2) is 5.94. The summed E-state index contributed by atoms with van der Waals surface area (Å²) in [6.07, 6.45) is 6.61. The fourth-order valence-electron chi connectivity index (χ4n) is 2.43. The third kappa shape index (κ3) is 3.76. The lowest BCUT2D eigenvalue weighted by molar-refractivity contribution is 0.174. The van der Waals surface area contributed by atoms with Gasteiger partial charge in [0.15, 0.2) is 0 Å². The van der Waals surface area contributed by atoms with E-state index in [1.807, 2.05) is 12.3 Å². The molecule has 94 valence electrons. The van der Waals surface area contributed by atoms with Gasteiger partial charge < -0.3 is 5.73 Å². The van der Waals surface area contributed by atoms with Crippen LogP contribution >= 0.6 is 15.9 Å². The number of nitrogens with zero attached hydrogens (tertiary/aromatic N) is 2. The van der Waals surface area contributed by atoms with Crippen molar-refractivity contribution in [2.45, 2.75) is 44.3 Å². The van der Waals surface area contributed by atoms with Gasteiger partial charge in [-0.1, -0.05) is 0 Å². The van der Waals surface area contributed by atoms with Crippen LogP contribution in [0.3, 0.4) is 0 Å². The molecule has 17 heavy (non-hydrogen) atoms. The zero-order valence-corrected chi connectivity index (χ0v) is 11.9. The summed E-state index contributed by atoms with van der Waals surface area (Å²) < 4.78 is 1.03. The average molecular weight is 298 g/mol. The molecule has 0 aliphatic heterocycles. The van der Waals surface area contributed by atoms with Crippen LogP contribution in [-0.2, 0) is 6.54 Å². The van der Waals surface area contributed by atoms with Gasteiger partial charge in [-0.2, -0.15) is 0 Å². The lowest BCUT2D eigenvalue weighted by Crippen LogP contribution is -2.38. The van der Waals surface area contributed by atoms with Gasteiger partial charge >= 0.3 is 0 Å². The van der Waals surface area contributed by atoms with Crippen LogP contribution in [0.1, 0.15) is 31.4 Å². The molecule has 1 aromatic heterocycles. The van der Waals surface area contributed by atoms with Crippen LogP contribution < -0.4 is 5.73 Å². The molecule has 1 aromatic rings. The molecule has 0 spiro atoms. The molecule has 1 heterocycles. The molecule has 0 unspecified atom stereocenters. The number of pyridine rings is 1. The highest BCUT2D eigenvalue weighted by Gasteiger charge is 2.21. The summed E-state index contributed by atoms with van der Waals surface area (Å²) in [6, 6.07) is 5.22. The van der Waals surface area contributed by atoms with Gasteiger partial charge in [-0.15, -0.1) is 0 Å². The molecule has 0 radical (unpaired) electrons. The zero-order valence-electron chi connectivity index (χ0n) is 10.3. The molecule has 3 nitrogen and oxygen atoms in total. The summed E-state index contributed by atoms with van der Waals surface area (Å²) in [5, 5.41) is 0. The molecular weight excluding hydrogens is 278 g/mol. The minimum absolute atomic E-state index is 0.422. The number of nitrogens with two attached hydrogens (primary N) is 1. The Hall–Kier alpha value is -0.450. The highest BCUT2D eigenvalue weighted by atomic mass is 79.9. The number of hydrogen-bond acceptors (Lipinski definition) is 3. The molecular formula is C13H20BrN3. The lowest BCUT2D eigenvalue weighted by atomic mass is 9.91. The average Bonchev–Trinajstić information content (AvgIpc) is 2.33. The largest absolute Gasteiger partial charge is 0.328 e. The van der Waals surface area contributed by atoms with Gasteiger partial charge in [0.25, 0.3) is 0 Å². The lowest BCUT2D eigenvalue weighted by Gasteiger charge is -2.33. The van der Waals surface area contributed by atoms with Crippen LogP contribution in [0.25, 0.3) is 0 Å². The molecule has 4 heteroatoms. The third-order valence-corrected chi connectivity index (χ3v) is 4.03. The van der Waals surface area contributed by atoms with Crippen LogP contribution in [0.15, 0.2) is 22.8 Å². The first-order chi connectivity index (χ1) is 8.15. The number of aromatic nitrogens is 1. The van der Waals surface area contributed by atoms with Gasteiger partial charge in [-0.3, -0.25) is 9.88 Å². The van der Waals surface area contributed by atoms with E-state index in [9.17, 15) is 0 Å². The van der Waals surface area contributed by atoms with Crippen molar-refractivity contribution < 1.29 is 0 Å². The summed E-state index contributed by atoms with van der Waals surface area (Å²) >= 11 is 3.40.